The first kappa shape index (κ1) is 13.8. The van der Waals surface area contributed by atoms with Crippen LogP contribution >= 0.6 is 0 Å². The van der Waals surface area contributed by atoms with E-state index in [0.717, 1.165) is 0 Å². The van der Waals surface area contributed by atoms with E-state index in [4.69, 9.17) is 9.47 Å². The molecule has 1 aliphatic rings. The Kier molecular flexibility index (Phi) is 4.40. The Morgan fingerprint density at radius 1 is 1.53 bits per heavy atom. The van der Waals surface area contributed by atoms with Crippen molar-refractivity contribution in [2.45, 2.75) is 39.7 Å². The van der Waals surface area contributed by atoms with Crippen LogP contribution in [0.25, 0.3) is 0 Å². The SMILES string of the molecule is CCOC(=O)C1(CCC(C)=O)C(=O)COC1C. The zero-order valence-electron chi connectivity index (χ0n) is 10.4. The van der Waals surface area contributed by atoms with Crippen molar-refractivity contribution in [2.24, 2.45) is 5.41 Å². The fraction of sp³-hybridized carbons (Fsp3) is 0.750. The minimum atomic E-state index is -1.29. The summed E-state index contributed by atoms with van der Waals surface area (Å²) in [7, 11) is 0. The maximum atomic E-state index is 12.0. The van der Waals surface area contributed by atoms with Crippen LogP contribution < -0.4 is 0 Å². The third-order valence-corrected chi connectivity index (χ3v) is 3.17. The molecule has 0 aromatic carbocycles. The monoisotopic (exact) mass is 242 g/mol. The maximum Gasteiger partial charge on any atom is 0.322 e. The summed E-state index contributed by atoms with van der Waals surface area (Å²) in [4.78, 5) is 34.9. The highest BCUT2D eigenvalue weighted by molar-refractivity contribution is 6.06. The normalized spacial score (nSPS) is 28.2. The number of ether oxygens (including phenoxy) is 2. The van der Waals surface area contributed by atoms with Crippen LogP contribution in [-0.2, 0) is 23.9 Å². The molecule has 0 bridgehead atoms. The molecule has 17 heavy (non-hydrogen) atoms. The van der Waals surface area contributed by atoms with Crippen LogP contribution in [0.15, 0.2) is 0 Å². The van der Waals surface area contributed by atoms with Crippen molar-refractivity contribution in [3.63, 3.8) is 0 Å². The van der Waals surface area contributed by atoms with Crippen molar-refractivity contribution in [3.8, 4) is 0 Å². The summed E-state index contributed by atoms with van der Waals surface area (Å²) >= 11 is 0. The van der Waals surface area contributed by atoms with Crippen LogP contribution in [0.3, 0.4) is 0 Å². The van der Waals surface area contributed by atoms with Gasteiger partial charge in [-0.1, -0.05) is 0 Å². The lowest BCUT2D eigenvalue weighted by Gasteiger charge is -2.27. The lowest BCUT2D eigenvalue weighted by Crippen LogP contribution is -2.44. The Labute approximate surface area is 100 Å². The minimum Gasteiger partial charge on any atom is -0.465 e. The van der Waals surface area contributed by atoms with Crippen molar-refractivity contribution in [3.05, 3.63) is 0 Å². The average molecular weight is 242 g/mol. The van der Waals surface area contributed by atoms with Gasteiger partial charge in [0, 0.05) is 6.42 Å². The summed E-state index contributed by atoms with van der Waals surface area (Å²) < 4.78 is 10.2. The van der Waals surface area contributed by atoms with Gasteiger partial charge in [0.25, 0.3) is 0 Å². The van der Waals surface area contributed by atoms with Crippen molar-refractivity contribution in [1.82, 2.24) is 0 Å². The van der Waals surface area contributed by atoms with Gasteiger partial charge in [-0.2, -0.15) is 0 Å². The summed E-state index contributed by atoms with van der Waals surface area (Å²) in [5, 5.41) is 0. The number of esters is 1. The van der Waals surface area contributed by atoms with Gasteiger partial charge in [0.2, 0.25) is 0 Å². The highest BCUT2D eigenvalue weighted by atomic mass is 16.5. The molecule has 0 spiro atoms. The van der Waals surface area contributed by atoms with Gasteiger partial charge in [0.05, 0.1) is 12.7 Å². The second-order valence-electron chi connectivity index (χ2n) is 4.27. The fourth-order valence-electron chi connectivity index (χ4n) is 2.06. The molecule has 0 aliphatic carbocycles. The average Bonchev–Trinajstić information content (AvgIpc) is 2.54. The Morgan fingerprint density at radius 3 is 2.59 bits per heavy atom. The zero-order valence-corrected chi connectivity index (χ0v) is 10.4. The van der Waals surface area contributed by atoms with Gasteiger partial charge in [-0.05, 0) is 27.2 Å². The Bertz CT molecular complexity index is 336. The number of carbonyl (C=O) groups is 3. The molecular weight excluding hydrogens is 224 g/mol. The summed E-state index contributed by atoms with van der Waals surface area (Å²) in [6.07, 6.45) is -0.187. The molecule has 0 saturated carbocycles. The molecule has 5 nitrogen and oxygen atoms in total. The van der Waals surface area contributed by atoms with E-state index in [2.05, 4.69) is 0 Å². The molecule has 1 aliphatic heterocycles. The van der Waals surface area contributed by atoms with E-state index < -0.39 is 17.5 Å². The van der Waals surface area contributed by atoms with Gasteiger partial charge in [-0.15, -0.1) is 0 Å². The fourth-order valence-corrected chi connectivity index (χ4v) is 2.06. The minimum absolute atomic E-state index is 0.0550. The molecule has 1 saturated heterocycles. The summed E-state index contributed by atoms with van der Waals surface area (Å²) in [6, 6.07) is 0. The van der Waals surface area contributed by atoms with Crippen LogP contribution in [0.1, 0.15) is 33.6 Å². The highest BCUT2D eigenvalue weighted by Gasteiger charge is 2.55. The van der Waals surface area contributed by atoms with Crippen LogP contribution in [0.2, 0.25) is 0 Å². The van der Waals surface area contributed by atoms with Crippen LogP contribution in [0.4, 0.5) is 0 Å². The number of hydrogen-bond donors (Lipinski definition) is 0. The molecule has 0 aromatic rings. The van der Waals surface area contributed by atoms with Gasteiger partial charge >= 0.3 is 5.97 Å². The van der Waals surface area contributed by atoms with E-state index >= 15 is 0 Å². The summed E-state index contributed by atoms with van der Waals surface area (Å²) in [6.45, 7) is 4.91. The second kappa shape index (κ2) is 5.40. The molecule has 0 aromatic heterocycles. The third kappa shape index (κ3) is 2.54. The van der Waals surface area contributed by atoms with Gasteiger partial charge in [-0.3, -0.25) is 9.59 Å². The molecule has 0 amide bonds. The molecule has 0 N–H and O–H groups in total. The van der Waals surface area contributed by atoms with E-state index in [-0.39, 0.29) is 37.6 Å². The Hall–Kier alpha value is -1.23. The molecule has 2 atom stereocenters. The van der Waals surface area contributed by atoms with Gasteiger partial charge in [0.1, 0.15) is 12.4 Å². The molecule has 2 unspecified atom stereocenters. The van der Waals surface area contributed by atoms with Crippen LogP contribution in [0.5, 0.6) is 0 Å². The molecule has 0 radical (unpaired) electrons. The van der Waals surface area contributed by atoms with Gasteiger partial charge in [-0.25, -0.2) is 0 Å². The topological polar surface area (TPSA) is 69.7 Å². The van der Waals surface area contributed by atoms with E-state index in [9.17, 15) is 14.4 Å². The quantitative estimate of drug-likeness (QED) is 0.529. The lowest BCUT2D eigenvalue weighted by atomic mass is 9.76. The summed E-state index contributed by atoms with van der Waals surface area (Å²) in [5.74, 6) is -0.915. The van der Waals surface area contributed by atoms with E-state index in [0.29, 0.717) is 0 Å². The predicted molar refractivity (Wildman–Crippen MR) is 59.4 cm³/mol. The number of carbonyl (C=O) groups excluding carboxylic acids is 3. The molecule has 1 rings (SSSR count). The van der Waals surface area contributed by atoms with Crippen LogP contribution in [0, 0.1) is 5.41 Å². The number of rotatable bonds is 5. The maximum absolute atomic E-state index is 12.0. The van der Waals surface area contributed by atoms with E-state index in [1.807, 2.05) is 0 Å². The smallest absolute Gasteiger partial charge is 0.322 e. The molecule has 1 heterocycles. The predicted octanol–water partition coefficient (Wildman–Crippen LogP) is 0.893. The number of ketones is 2. The second-order valence-corrected chi connectivity index (χ2v) is 4.27. The molecule has 5 heteroatoms. The van der Waals surface area contributed by atoms with Crippen molar-refractivity contribution in [2.75, 3.05) is 13.2 Å². The van der Waals surface area contributed by atoms with E-state index in [1.54, 1.807) is 13.8 Å². The largest absolute Gasteiger partial charge is 0.465 e. The first-order valence-electron chi connectivity index (χ1n) is 5.76. The van der Waals surface area contributed by atoms with Crippen molar-refractivity contribution in [1.29, 1.82) is 0 Å². The Balaban J connectivity index is 2.95. The first-order valence-corrected chi connectivity index (χ1v) is 5.76. The summed E-state index contributed by atoms with van der Waals surface area (Å²) in [5.41, 5.74) is -1.29. The lowest BCUT2D eigenvalue weighted by molar-refractivity contribution is -0.161. The first-order chi connectivity index (χ1) is 7.95. The number of hydrogen-bond acceptors (Lipinski definition) is 5. The standard InChI is InChI=1S/C12H18O5/c1-4-16-11(15)12(6-5-8(2)13)9(3)17-7-10(12)14/h9H,4-7H2,1-3H3. The van der Waals surface area contributed by atoms with Crippen molar-refractivity contribution < 1.29 is 23.9 Å². The zero-order chi connectivity index (χ0) is 13.1. The number of Topliss-reactive ketones (excluding diaryl/α,β-unsaturated/α-hetero) is 2. The molecule has 96 valence electrons. The highest BCUT2D eigenvalue weighted by Crippen LogP contribution is 2.38. The van der Waals surface area contributed by atoms with Gasteiger partial charge in [0.15, 0.2) is 11.2 Å². The van der Waals surface area contributed by atoms with E-state index in [1.165, 1.54) is 6.92 Å². The van der Waals surface area contributed by atoms with Crippen LogP contribution in [-0.4, -0.2) is 36.9 Å². The third-order valence-electron chi connectivity index (χ3n) is 3.17. The Morgan fingerprint density at radius 2 is 2.18 bits per heavy atom. The van der Waals surface area contributed by atoms with Crippen molar-refractivity contribution >= 4 is 17.5 Å². The van der Waals surface area contributed by atoms with Gasteiger partial charge < -0.3 is 14.3 Å². The molecule has 1 fully saturated rings. The molecular formula is C12H18O5.